The number of nitrogens with one attached hydrogen (secondary N) is 4. The van der Waals surface area contributed by atoms with Gasteiger partial charge in [0.25, 0.3) is 11.8 Å². The van der Waals surface area contributed by atoms with E-state index in [1.807, 2.05) is 72.8 Å². The van der Waals surface area contributed by atoms with Gasteiger partial charge in [-0.3, -0.25) is 14.4 Å². The average molecular weight is 906 g/mol. The third kappa shape index (κ3) is 12.7. The van der Waals surface area contributed by atoms with Gasteiger partial charge in [0.1, 0.15) is 29.1 Å². The van der Waals surface area contributed by atoms with Crippen LogP contribution >= 0.6 is 0 Å². The number of amides is 5. The van der Waals surface area contributed by atoms with Crippen molar-refractivity contribution in [3.8, 4) is 23.1 Å². The molecule has 4 atom stereocenters. The molecular formula is C53H59N7O7. The van der Waals surface area contributed by atoms with Crippen LogP contribution in [0.4, 0.5) is 9.59 Å². The molecule has 14 heteroatoms. The molecule has 2 aliphatic rings. The minimum Gasteiger partial charge on any atom is -0.444 e. The predicted molar refractivity (Wildman–Crippen MR) is 254 cm³/mol. The molecule has 2 saturated heterocycles. The Morgan fingerprint density at radius 1 is 0.672 bits per heavy atom. The number of nitrogens with zero attached hydrogens (tertiary/aromatic N) is 3. The summed E-state index contributed by atoms with van der Waals surface area (Å²) in [7, 11) is 0. The van der Waals surface area contributed by atoms with Crippen LogP contribution in [0.15, 0.2) is 115 Å². The summed E-state index contributed by atoms with van der Waals surface area (Å²) < 4.78 is 11.0. The number of alkyl carbamates (subject to hydrolysis) is 2. The normalized spacial score (nSPS) is 16.8. The van der Waals surface area contributed by atoms with E-state index in [2.05, 4.69) is 32.8 Å². The first-order chi connectivity index (χ1) is 32.0. The van der Waals surface area contributed by atoms with E-state index in [4.69, 9.17) is 14.5 Å². The van der Waals surface area contributed by atoms with Gasteiger partial charge in [-0.15, -0.1) is 0 Å². The van der Waals surface area contributed by atoms with Gasteiger partial charge < -0.3 is 40.2 Å². The molecule has 1 aromatic heterocycles. The Hall–Kier alpha value is -7.40. The standard InChI is InChI=1S/C53H59N7O7/c1-52(2,3)66-50(64)57-44(38-15-9-7-10-16-38)48(62)59-31-13-19-41(59)33-55-47(61)40-29-25-36(26-30-40)22-21-35-23-27-37(28-24-35)42-34-54-46(56-42)43-20-14-32-60(43)49(63)45(39-17-11-8-12-18-39)58-51(65)67-53(4,5)6/h7-12,15-18,23-30,34,41,43-45H,13-14,19-20,31-33H2,1-6H3,(H,54,56)(H,55,61)(H,57,64)(H,58,65)/t41-,43-,44+,45+/m0/s1. The summed E-state index contributed by atoms with van der Waals surface area (Å²) in [6, 6.07) is 30.7. The van der Waals surface area contributed by atoms with Gasteiger partial charge in [-0.05, 0) is 120 Å². The lowest BCUT2D eigenvalue weighted by atomic mass is 10.0. The monoisotopic (exact) mass is 905 g/mol. The molecule has 7 rings (SSSR count). The second-order valence-electron chi connectivity index (χ2n) is 18.8. The van der Waals surface area contributed by atoms with Crippen LogP contribution in [0.5, 0.6) is 0 Å². The lowest BCUT2D eigenvalue weighted by Gasteiger charge is -2.30. The second-order valence-corrected chi connectivity index (χ2v) is 18.8. The summed E-state index contributed by atoms with van der Waals surface area (Å²) in [6.45, 7) is 11.9. The average Bonchev–Trinajstić information content (AvgIpc) is 4.10. The molecule has 0 bridgehead atoms. The molecular weight excluding hydrogens is 847 g/mol. The van der Waals surface area contributed by atoms with Crippen LogP contribution in [-0.2, 0) is 19.1 Å². The molecule has 0 spiro atoms. The molecule has 348 valence electrons. The Morgan fingerprint density at radius 2 is 1.16 bits per heavy atom. The van der Waals surface area contributed by atoms with Crippen LogP contribution in [0.25, 0.3) is 11.3 Å². The maximum absolute atomic E-state index is 14.1. The molecule has 5 amide bonds. The smallest absolute Gasteiger partial charge is 0.408 e. The number of rotatable bonds is 11. The van der Waals surface area contributed by atoms with Gasteiger partial charge in [0, 0.05) is 42.4 Å². The third-order valence-corrected chi connectivity index (χ3v) is 11.4. The molecule has 0 unspecified atom stereocenters. The van der Waals surface area contributed by atoms with E-state index >= 15 is 0 Å². The lowest BCUT2D eigenvalue weighted by molar-refractivity contribution is -0.135. The van der Waals surface area contributed by atoms with E-state index in [-0.39, 0.29) is 36.3 Å². The maximum Gasteiger partial charge on any atom is 0.408 e. The van der Waals surface area contributed by atoms with Crippen molar-refractivity contribution in [3.05, 3.63) is 149 Å². The molecule has 14 nitrogen and oxygen atoms in total. The third-order valence-electron chi connectivity index (χ3n) is 11.4. The van der Waals surface area contributed by atoms with Gasteiger partial charge in [0.15, 0.2) is 0 Å². The van der Waals surface area contributed by atoms with Gasteiger partial charge in [-0.1, -0.05) is 84.6 Å². The van der Waals surface area contributed by atoms with Gasteiger partial charge in [-0.2, -0.15) is 0 Å². The molecule has 4 N–H and O–H groups in total. The molecule has 3 heterocycles. The summed E-state index contributed by atoms with van der Waals surface area (Å²) >= 11 is 0. The number of carbonyl (C=O) groups is 5. The second kappa shape index (κ2) is 20.8. The van der Waals surface area contributed by atoms with E-state index in [1.54, 1.807) is 93.9 Å². The molecule has 2 fully saturated rings. The van der Waals surface area contributed by atoms with Crippen molar-refractivity contribution < 1.29 is 33.4 Å². The van der Waals surface area contributed by atoms with E-state index in [9.17, 15) is 24.0 Å². The SMILES string of the molecule is CC(C)(C)OC(=O)N[C@@H](C(=O)N1CCC[C@H]1CNC(=O)c1ccc(C#Cc2ccc(-c3cnc([C@@H]4CCCN4C(=O)[C@H](NC(=O)OC(C)(C)C)c4ccccc4)[nH]3)cc2)cc1)c1ccccc1. The highest BCUT2D eigenvalue weighted by Crippen LogP contribution is 2.34. The zero-order chi connectivity index (χ0) is 47.7. The van der Waals surface area contributed by atoms with Gasteiger partial charge in [-0.25, -0.2) is 14.6 Å². The fraction of sp³-hybridized carbons (Fsp3) is 0.358. The Morgan fingerprint density at radius 3 is 1.70 bits per heavy atom. The summed E-state index contributed by atoms with van der Waals surface area (Å²) in [5.74, 6) is 6.29. The number of H-pyrrole nitrogens is 1. The molecule has 2 aliphatic heterocycles. The van der Waals surface area contributed by atoms with Crippen molar-refractivity contribution in [2.45, 2.75) is 103 Å². The largest absolute Gasteiger partial charge is 0.444 e. The molecule has 4 aromatic carbocycles. The van der Waals surface area contributed by atoms with E-state index < -0.39 is 35.5 Å². The number of aromatic nitrogens is 2. The minimum atomic E-state index is -0.935. The minimum absolute atomic E-state index is 0.232. The van der Waals surface area contributed by atoms with Gasteiger partial charge in [0.2, 0.25) is 5.91 Å². The fourth-order valence-electron chi connectivity index (χ4n) is 8.25. The molecule has 67 heavy (non-hydrogen) atoms. The van der Waals surface area contributed by atoms with E-state index in [1.165, 1.54) is 0 Å². The quantitative estimate of drug-likeness (QED) is 0.0957. The van der Waals surface area contributed by atoms with Crippen LogP contribution < -0.4 is 16.0 Å². The highest BCUT2D eigenvalue weighted by Gasteiger charge is 2.38. The van der Waals surface area contributed by atoms with Crippen molar-refractivity contribution in [1.82, 2.24) is 35.7 Å². The van der Waals surface area contributed by atoms with E-state index in [0.717, 1.165) is 41.6 Å². The number of ether oxygens (including phenoxy) is 2. The maximum atomic E-state index is 14.1. The number of imidazole rings is 1. The van der Waals surface area contributed by atoms with Crippen LogP contribution in [0.3, 0.4) is 0 Å². The van der Waals surface area contributed by atoms with Crippen LogP contribution in [0, 0.1) is 11.8 Å². The van der Waals surface area contributed by atoms with Crippen LogP contribution in [-0.4, -0.2) is 86.6 Å². The Bertz CT molecular complexity index is 2590. The topological polar surface area (TPSA) is 175 Å². The Labute approximate surface area is 392 Å². The number of hydrogen-bond acceptors (Lipinski definition) is 8. The summed E-state index contributed by atoms with van der Waals surface area (Å²) in [5, 5.41) is 8.56. The van der Waals surface area contributed by atoms with Crippen molar-refractivity contribution in [3.63, 3.8) is 0 Å². The van der Waals surface area contributed by atoms with Crippen molar-refractivity contribution in [2.75, 3.05) is 19.6 Å². The van der Waals surface area contributed by atoms with Crippen molar-refractivity contribution in [1.29, 1.82) is 0 Å². The van der Waals surface area contributed by atoms with Gasteiger partial charge in [0.05, 0.1) is 17.9 Å². The highest BCUT2D eigenvalue weighted by molar-refractivity contribution is 5.94. The van der Waals surface area contributed by atoms with Gasteiger partial charge >= 0.3 is 12.2 Å². The van der Waals surface area contributed by atoms with Crippen molar-refractivity contribution in [2.24, 2.45) is 0 Å². The number of hydrogen-bond donors (Lipinski definition) is 4. The Kier molecular flexibility index (Phi) is 14.8. The highest BCUT2D eigenvalue weighted by atomic mass is 16.6. The van der Waals surface area contributed by atoms with Crippen molar-refractivity contribution >= 4 is 29.9 Å². The first-order valence-corrected chi connectivity index (χ1v) is 22.8. The summed E-state index contributed by atoms with van der Waals surface area (Å²) in [6.07, 6.45) is 3.43. The fourth-order valence-corrected chi connectivity index (χ4v) is 8.25. The molecule has 0 saturated carbocycles. The van der Waals surface area contributed by atoms with E-state index in [0.29, 0.717) is 42.0 Å². The zero-order valence-electron chi connectivity index (χ0n) is 38.9. The van der Waals surface area contributed by atoms with Crippen LogP contribution in [0.2, 0.25) is 0 Å². The lowest BCUT2D eigenvalue weighted by Crippen LogP contribution is -2.49. The number of likely N-dealkylation sites (tertiary alicyclic amines) is 2. The first-order valence-electron chi connectivity index (χ1n) is 22.8. The summed E-state index contributed by atoms with van der Waals surface area (Å²) in [4.78, 5) is 78.6. The molecule has 0 aliphatic carbocycles. The zero-order valence-corrected chi connectivity index (χ0v) is 38.9. The predicted octanol–water partition coefficient (Wildman–Crippen LogP) is 8.39. The summed E-state index contributed by atoms with van der Waals surface area (Å²) in [5.41, 5.74) is 3.57. The Balaban J connectivity index is 0.938. The van der Waals surface area contributed by atoms with Crippen LogP contribution in [0.1, 0.15) is 124 Å². The number of carbonyl (C=O) groups excluding carboxylic acids is 5. The first kappa shape index (κ1) is 47.6. The number of aromatic amines is 1. The molecule has 0 radical (unpaired) electrons. The molecule has 5 aromatic rings. The number of benzene rings is 4.